The molecule has 4 nitrogen and oxygen atoms in total. The molecule has 1 aliphatic rings. The van der Waals surface area contributed by atoms with Crippen molar-refractivity contribution in [2.24, 2.45) is 0 Å². The van der Waals surface area contributed by atoms with Gasteiger partial charge in [0.25, 0.3) is 0 Å². The maximum atomic E-state index is 10.4. The van der Waals surface area contributed by atoms with Gasteiger partial charge in [-0.3, -0.25) is 9.48 Å². The molecule has 16 heavy (non-hydrogen) atoms. The maximum absolute atomic E-state index is 10.4. The molecule has 2 rings (SSSR count). The molecular weight excluding hydrogens is 204 g/mol. The number of aryl methyl sites for hydroxylation is 1. The zero-order valence-electron chi connectivity index (χ0n) is 9.43. The van der Waals surface area contributed by atoms with Gasteiger partial charge in [0.2, 0.25) is 0 Å². The molecule has 1 aliphatic carbocycles. The van der Waals surface area contributed by atoms with Crippen molar-refractivity contribution in [2.75, 3.05) is 0 Å². The smallest absolute Gasteiger partial charge is 0.305 e. The summed E-state index contributed by atoms with van der Waals surface area (Å²) in [4.78, 5) is 10.4. The predicted octanol–water partition coefficient (Wildman–Crippen LogP) is 2.41. The third-order valence-corrected chi connectivity index (χ3v) is 3.28. The topological polar surface area (TPSA) is 55.1 Å². The molecule has 1 saturated carbocycles. The highest BCUT2D eigenvalue weighted by molar-refractivity contribution is 5.66. The Kier molecular flexibility index (Phi) is 3.59. The Morgan fingerprint density at radius 3 is 2.88 bits per heavy atom. The second-order valence-corrected chi connectivity index (χ2v) is 4.52. The van der Waals surface area contributed by atoms with Crippen LogP contribution in [-0.4, -0.2) is 20.9 Å². The molecule has 0 bridgehead atoms. The minimum Gasteiger partial charge on any atom is -0.481 e. The Hall–Kier alpha value is -1.32. The first-order valence-corrected chi connectivity index (χ1v) is 6.00. The Morgan fingerprint density at radius 1 is 1.44 bits per heavy atom. The summed E-state index contributed by atoms with van der Waals surface area (Å²) >= 11 is 0. The average molecular weight is 222 g/mol. The van der Waals surface area contributed by atoms with Crippen molar-refractivity contribution < 1.29 is 9.90 Å². The third-order valence-electron chi connectivity index (χ3n) is 3.28. The number of hydrogen-bond donors (Lipinski definition) is 1. The SMILES string of the molecule is O=C(O)CCn1cc(C2CCCCC2)cn1. The van der Waals surface area contributed by atoms with Crippen LogP contribution >= 0.6 is 0 Å². The second kappa shape index (κ2) is 5.14. The molecular formula is C12H18N2O2. The van der Waals surface area contributed by atoms with Crippen LogP contribution in [0.4, 0.5) is 0 Å². The van der Waals surface area contributed by atoms with E-state index in [0.29, 0.717) is 12.5 Å². The van der Waals surface area contributed by atoms with Crippen LogP contribution in [0.2, 0.25) is 0 Å². The standard InChI is InChI=1S/C12H18N2O2/c15-12(16)6-7-14-9-11(8-13-14)10-4-2-1-3-5-10/h8-10H,1-7H2,(H,15,16). The second-order valence-electron chi connectivity index (χ2n) is 4.52. The Bertz CT molecular complexity index is 354. The average Bonchev–Trinajstić information content (AvgIpc) is 2.76. The molecule has 88 valence electrons. The van der Waals surface area contributed by atoms with E-state index in [1.54, 1.807) is 4.68 Å². The summed E-state index contributed by atoms with van der Waals surface area (Å²) in [6, 6.07) is 0. The lowest BCUT2D eigenvalue weighted by atomic mass is 9.86. The van der Waals surface area contributed by atoms with E-state index in [2.05, 4.69) is 5.10 Å². The quantitative estimate of drug-likeness (QED) is 0.851. The highest BCUT2D eigenvalue weighted by atomic mass is 16.4. The van der Waals surface area contributed by atoms with Crippen LogP contribution in [0, 0.1) is 0 Å². The van der Waals surface area contributed by atoms with E-state index in [1.165, 1.54) is 37.7 Å². The van der Waals surface area contributed by atoms with Crippen molar-refractivity contribution in [3.63, 3.8) is 0 Å². The van der Waals surface area contributed by atoms with E-state index in [0.717, 1.165) is 0 Å². The fraction of sp³-hybridized carbons (Fsp3) is 0.667. The number of aromatic nitrogens is 2. The summed E-state index contributed by atoms with van der Waals surface area (Å²) in [5.74, 6) is -0.123. The van der Waals surface area contributed by atoms with Gasteiger partial charge >= 0.3 is 5.97 Å². The fourth-order valence-corrected chi connectivity index (χ4v) is 2.36. The predicted molar refractivity (Wildman–Crippen MR) is 60.3 cm³/mol. The number of nitrogens with zero attached hydrogens (tertiary/aromatic N) is 2. The molecule has 4 heteroatoms. The summed E-state index contributed by atoms with van der Waals surface area (Å²) in [5.41, 5.74) is 1.28. The van der Waals surface area contributed by atoms with Gasteiger partial charge in [-0.05, 0) is 24.3 Å². The number of hydrogen-bond acceptors (Lipinski definition) is 2. The summed E-state index contributed by atoms with van der Waals surface area (Å²) in [6.07, 6.45) is 10.5. The van der Waals surface area contributed by atoms with Crippen molar-refractivity contribution in [1.82, 2.24) is 9.78 Å². The van der Waals surface area contributed by atoms with E-state index in [-0.39, 0.29) is 6.42 Å². The van der Waals surface area contributed by atoms with Gasteiger partial charge in [-0.15, -0.1) is 0 Å². The molecule has 0 saturated heterocycles. The van der Waals surface area contributed by atoms with E-state index >= 15 is 0 Å². The lowest BCUT2D eigenvalue weighted by molar-refractivity contribution is -0.137. The van der Waals surface area contributed by atoms with Crippen LogP contribution < -0.4 is 0 Å². The largest absolute Gasteiger partial charge is 0.481 e. The summed E-state index contributed by atoms with van der Waals surface area (Å²) in [7, 11) is 0. The highest BCUT2D eigenvalue weighted by Crippen LogP contribution is 2.32. The molecule has 0 aromatic carbocycles. The van der Waals surface area contributed by atoms with Gasteiger partial charge in [-0.2, -0.15) is 5.10 Å². The Morgan fingerprint density at radius 2 is 2.19 bits per heavy atom. The molecule has 0 unspecified atom stereocenters. The van der Waals surface area contributed by atoms with Gasteiger partial charge in [0.1, 0.15) is 0 Å². The van der Waals surface area contributed by atoms with Gasteiger partial charge in [0.15, 0.2) is 0 Å². The number of aliphatic carboxylic acids is 1. The van der Waals surface area contributed by atoms with Gasteiger partial charge in [0.05, 0.1) is 19.2 Å². The van der Waals surface area contributed by atoms with Crippen LogP contribution in [0.1, 0.15) is 50.0 Å². The van der Waals surface area contributed by atoms with Crippen molar-refractivity contribution in [1.29, 1.82) is 0 Å². The minimum atomic E-state index is -0.769. The molecule has 0 aliphatic heterocycles. The number of carboxylic acids is 1. The number of carbonyl (C=O) groups is 1. The molecule has 0 atom stereocenters. The molecule has 0 radical (unpaired) electrons. The molecule has 1 aromatic rings. The number of rotatable bonds is 4. The maximum Gasteiger partial charge on any atom is 0.305 e. The minimum absolute atomic E-state index is 0.145. The van der Waals surface area contributed by atoms with Gasteiger partial charge in [0, 0.05) is 6.20 Å². The third kappa shape index (κ3) is 2.84. The molecule has 1 N–H and O–H groups in total. The molecule has 1 heterocycles. The molecule has 1 fully saturated rings. The molecule has 1 aromatic heterocycles. The van der Waals surface area contributed by atoms with Crippen LogP contribution in [0.5, 0.6) is 0 Å². The van der Waals surface area contributed by atoms with Crippen LogP contribution in [0.3, 0.4) is 0 Å². The first-order valence-electron chi connectivity index (χ1n) is 6.00. The van der Waals surface area contributed by atoms with E-state index in [1.807, 2.05) is 12.4 Å². The van der Waals surface area contributed by atoms with Gasteiger partial charge in [-0.1, -0.05) is 19.3 Å². The highest BCUT2D eigenvalue weighted by Gasteiger charge is 2.16. The molecule has 0 spiro atoms. The summed E-state index contributed by atoms with van der Waals surface area (Å²) in [6.45, 7) is 0.474. The zero-order chi connectivity index (χ0) is 11.4. The van der Waals surface area contributed by atoms with Gasteiger partial charge in [-0.25, -0.2) is 0 Å². The summed E-state index contributed by atoms with van der Waals surface area (Å²) in [5, 5.41) is 12.8. The monoisotopic (exact) mass is 222 g/mol. The van der Waals surface area contributed by atoms with Crippen LogP contribution in [0.15, 0.2) is 12.4 Å². The molecule has 0 amide bonds. The van der Waals surface area contributed by atoms with E-state index in [9.17, 15) is 4.79 Å². The lowest BCUT2D eigenvalue weighted by Gasteiger charge is -2.19. The number of carboxylic acid groups (broad SMARTS) is 1. The van der Waals surface area contributed by atoms with Crippen LogP contribution in [-0.2, 0) is 11.3 Å². The van der Waals surface area contributed by atoms with Gasteiger partial charge < -0.3 is 5.11 Å². The van der Waals surface area contributed by atoms with Crippen molar-refractivity contribution in [2.45, 2.75) is 51.0 Å². The Balaban J connectivity index is 1.93. The fourth-order valence-electron chi connectivity index (χ4n) is 2.36. The van der Waals surface area contributed by atoms with E-state index < -0.39 is 5.97 Å². The Labute approximate surface area is 95.3 Å². The summed E-state index contributed by atoms with van der Waals surface area (Å²) < 4.78 is 1.75. The lowest BCUT2D eigenvalue weighted by Crippen LogP contribution is -2.05. The van der Waals surface area contributed by atoms with Crippen LogP contribution in [0.25, 0.3) is 0 Å². The van der Waals surface area contributed by atoms with Crippen molar-refractivity contribution in [3.05, 3.63) is 18.0 Å². The van der Waals surface area contributed by atoms with E-state index in [4.69, 9.17) is 5.11 Å². The first-order chi connectivity index (χ1) is 7.75. The normalized spacial score (nSPS) is 17.5. The zero-order valence-corrected chi connectivity index (χ0v) is 9.43. The first kappa shape index (κ1) is 11.2. The van der Waals surface area contributed by atoms with Crippen molar-refractivity contribution >= 4 is 5.97 Å². The van der Waals surface area contributed by atoms with Crippen molar-refractivity contribution in [3.8, 4) is 0 Å².